The lowest BCUT2D eigenvalue weighted by Crippen LogP contribution is -2.49. The van der Waals surface area contributed by atoms with E-state index in [9.17, 15) is 18.0 Å². The molecule has 2 heterocycles. The van der Waals surface area contributed by atoms with Gasteiger partial charge in [0.25, 0.3) is 5.91 Å². The lowest BCUT2D eigenvalue weighted by molar-refractivity contribution is -0.275. The summed E-state index contributed by atoms with van der Waals surface area (Å²) in [6.07, 6.45) is -4.17. The molecule has 0 radical (unpaired) electrons. The van der Waals surface area contributed by atoms with Crippen molar-refractivity contribution < 1.29 is 27.4 Å². The minimum absolute atomic E-state index is 0.0494. The summed E-state index contributed by atoms with van der Waals surface area (Å²) < 4.78 is 48.9. The zero-order chi connectivity index (χ0) is 21.2. The van der Waals surface area contributed by atoms with Crippen LogP contribution in [0.4, 0.5) is 13.2 Å². The highest BCUT2D eigenvalue weighted by molar-refractivity contribution is 8.13. The fraction of sp³-hybridized carbons (Fsp3) is 0.333. The lowest BCUT2D eigenvalue weighted by Gasteiger charge is -2.44. The number of thioether (sulfide) groups is 1. The minimum atomic E-state index is -4.82. The Hall–Kier alpha value is -2.52. The molecule has 1 amide bonds. The first-order valence-corrected chi connectivity index (χ1v) is 10.4. The van der Waals surface area contributed by atoms with Gasteiger partial charge in [0.15, 0.2) is 5.17 Å². The van der Waals surface area contributed by atoms with Crippen LogP contribution in [-0.2, 0) is 10.3 Å². The number of hydrogen-bond acceptors (Lipinski definition) is 5. The van der Waals surface area contributed by atoms with E-state index in [0.29, 0.717) is 35.1 Å². The SMILES string of the molecule is O=C(NC1=NC2(c3ccccc3OC(F)(F)F)COCCC2CS1)c1ccccc1. The molecule has 2 aromatic carbocycles. The van der Waals surface area contributed by atoms with Gasteiger partial charge in [-0.2, -0.15) is 0 Å². The molecule has 1 N–H and O–H groups in total. The smallest absolute Gasteiger partial charge is 0.405 e. The number of amides is 1. The van der Waals surface area contributed by atoms with Crippen molar-refractivity contribution in [3.05, 3.63) is 65.7 Å². The third-order valence-electron chi connectivity index (χ3n) is 5.17. The van der Waals surface area contributed by atoms with Crippen molar-refractivity contribution in [3.8, 4) is 5.75 Å². The summed E-state index contributed by atoms with van der Waals surface area (Å²) in [6, 6.07) is 14.7. The summed E-state index contributed by atoms with van der Waals surface area (Å²) in [4.78, 5) is 17.3. The second-order valence-corrected chi connectivity index (χ2v) is 8.06. The summed E-state index contributed by atoms with van der Waals surface area (Å²) in [5.41, 5.74) is -0.290. The largest absolute Gasteiger partial charge is 0.573 e. The van der Waals surface area contributed by atoms with E-state index in [2.05, 4.69) is 10.1 Å². The van der Waals surface area contributed by atoms with Gasteiger partial charge in [0.2, 0.25) is 0 Å². The van der Waals surface area contributed by atoms with Crippen LogP contribution >= 0.6 is 11.8 Å². The molecule has 9 heteroatoms. The summed E-state index contributed by atoms with van der Waals surface area (Å²) in [5, 5.41) is 3.14. The number of benzene rings is 2. The highest BCUT2D eigenvalue weighted by atomic mass is 32.2. The molecule has 1 saturated heterocycles. The number of carbonyl (C=O) groups is 1. The second kappa shape index (κ2) is 8.31. The molecule has 2 aromatic rings. The maximum atomic E-state index is 13.0. The van der Waals surface area contributed by atoms with Crippen molar-refractivity contribution in [2.75, 3.05) is 19.0 Å². The molecule has 0 aromatic heterocycles. The number of hydrogen-bond donors (Lipinski definition) is 1. The molecule has 0 spiro atoms. The van der Waals surface area contributed by atoms with Crippen LogP contribution in [0.1, 0.15) is 22.3 Å². The van der Waals surface area contributed by atoms with Gasteiger partial charge in [-0.25, -0.2) is 4.99 Å². The number of carbonyl (C=O) groups excluding carboxylic acids is 1. The van der Waals surface area contributed by atoms with Crippen molar-refractivity contribution >= 4 is 22.8 Å². The van der Waals surface area contributed by atoms with Gasteiger partial charge in [-0.05, 0) is 24.6 Å². The van der Waals surface area contributed by atoms with Gasteiger partial charge in [-0.1, -0.05) is 48.2 Å². The Bertz CT molecular complexity index is 952. The molecule has 2 unspecified atom stereocenters. The van der Waals surface area contributed by atoms with Crippen molar-refractivity contribution in [1.29, 1.82) is 0 Å². The van der Waals surface area contributed by atoms with Crippen molar-refractivity contribution in [2.24, 2.45) is 10.9 Å². The third-order valence-corrected chi connectivity index (χ3v) is 6.20. The summed E-state index contributed by atoms with van der Waals surface area (Å²) in [6.45, 7) is 0.623. The number of amidine groups is 1. The number of rotatable bonds is 3. The molecule has 30 heavy (non-hydrogen) atoms. The first kappa shape index (κ1) is 20.7. The Morgan fingerprint density at radius 2 is 1.90 bits per heavy atom. The molecule has 1 fully saturated rings. The second-order valence-electron chi connectivity index (χ2n) is 7.05. The van der Waals surface area contributed by atoms with Crippen LogP contribution < -0.4 is 10.1 Å². The number of fused-ring (bicyclic) bond motifs is 1. The quantitative estimate of drug-likeness (QED) is 0.777. The van der Waals surface area contributed by atoms with Crippen LogP contribution in [0.15, 0.2) is 59.6 Å². The van der Waals surface area contributed by atoms with Crippen molar-refractivity contribution in [3.63, 3.8) is 0 Å². The van der Waals surface area contributed by atoms with E-state index in [0.717, 1.165) is 0 Å². The van der Waals surface area contributed by atoms with Gasteiger partial charge in [0, 0.05) is 29.4 Å². The third kappa shape index (κ3) is 4.32. The summed E-state index contributed by atoms with van der Waals surface area (Å²) in [7, 11) is 0. The van der Waals surface area contributed by atoms with Gasteiger partial charge in [-0.15, -0.1) is 13.2 Å². The van der Waals surface area contributed by atoms with Crippen LogP contribution in [0.3, 0.4) is 0 Å². The lowest BCUT2D eigenvalue weighted by atomic mass is 9.76. The number of ether oxygens (including phenoxy) is 2. The van der Waals surface area contributed by atoms with E-state index < -0.39 is 11.9 Å². The fourth-order valence-corrected chi connectivity index (χ4v) is 4.96. The maximum Gasteiger partial charge on any atom is 0.573 e. The first-order valence-electron chi connectivity index (χ1n) is 9.39. The zero-order valence-corrected chi connectivity index (χ0v) is 16.6. The van der Waals surface area contributed by atoms with Crippen molar-refractivity contribution in [2.45, 2.75) is 18.3 Å². The van der Waals surface area contributed by atoms with Crippen LogP contribution in [0.5, 0.6) is 5.75 Å². The normalized spacial score (nSPS) is 23.8. The average Bonchev–Trinajstić information content (AvgIpc) is 2.73. The molecule has 0 bridgehead atoms. The number of nitrogens with zero attached hydrogens (tertiary/aromatic N) is 1. The van der Waals surface area contributed by atoms with Crippen LogP contribution in [0.25, 0.3) is 0 Å². The van der Waals surface area contributed by atoms with Gasteiger partial charge >= 0.3 is 6.36 Å². The number of para-hydroxylation sites is 1. The minimum Gasteiger partial charge on any atom is -0.405 e. The molecule has 2 atom stereocenters. The molecule has 2 aliphatic heterocycles. The topological polar surface area (TPSA) is 59.9 Å². The molecule has 2 aliphatic rings. The van der Waals surface area contributed by atoms with Crippen LogP contribution in [0, 0.1) is 5.92 Å². The average molecular weight is 436 g/mol. The van der Waals surface area contributed by atoms with Crippen LogP contribution in [0.2, 0.25) is 0 Å². The predicted octanol–water partition coefficient (Wildman–Crippen LogP) is 4.35. The molecule has 158 valence electrons. The van der Waals surface area contributed by atoms with Gasteiger partial charge in [-0.3, -0.25) is 4.79 Å². The maximum absolute atomic E-state index is 13.0. The van der Waals surface area contributed by atoms with Crippen molar-refractivity contribution in [1.82, 2.24) is 5.32 Å². The highest BCUT2D eigenvalue weighted by Crippen LogP contribution is 2.48. The van der Waals surface area contributed by atoms with E-state index in [4.69, 9.17) is 9.73 Å². The standard InChI is InChI=1S/C21H19F3N2O3S/c22-21(23,24)29-17-9-5-4-8-16(17)20-13-28-11-10-15(20)12-30-19(26-20)25-18(27)14-6-2-1-3-7-14/h1-9,15H,10-13H2,(H,25,26,27). The molecular weight excluding hydrogens is 417 g/mol. The summed E-state index contributed by atoms with van der Waals surface area (Å²) >= 11 is 1.38. The van der Waals surface area contributed by atoms with E-state index >= 15 is 0 Å². The Morgan fingerprint density at radius 1 is 1.17 bits per heavy atom. The zero-order valence-electron chi connectivity index (χ0n) is 15.8. The van der Waals surface area contributed by atoms with E-state index in [1.54, 1.807) is 42.5 Å². The number of nitrogens with one attached hydrogen (secondary N) is 1. The van der Waals surface area contributed by atoms with E-state index in [1.165, 1.54) is 23.9 Å². The van der Waals surface area contributed by atoms with Gasteiger partial charge in [0.1, 0.15) is 11.3 Å². The Morgan fingerprint density at radius 3 is 2.67 bits per heavy atom. The molecule has 0 aliphatic carbocycles. The monoisotopic (exact) mass is 436 g/mol. The Kier molecular flexibility index (Phi) is 5.75. The van der Waals surface area contributed by atoms with Crippen LogP contribution in [-0.4, -0.2) is 36.4 Å². The predicted molar refractivity (Wildman–Crippen MR) is 108 cm³/mol. The number of halogens is 3. The highest BCUT2D eigenvalue weighted by Gasteiger charge is 2.48. The van der Waals surface area contributed by atoms with Gasteiger partial charge < -0.3 is 14.8 Å². The molecule has 0 saturated carbocycles. The summed E-state index contributed by atoms with van der Waals surface area (Å²) in [5.74, 6) is -0.0825. The Balaban J connectivity index is 1.71. The molecule has 4 rings (SSSR count). The first-order chi connectivity index (χ1) is 14.4. The van der Waals surface area contributed by atoms with E-state index in [1.807, 2.05) is 0 Å². The molecular formula is C21H19F3N2O3S. The fourth-order valence-electron chi connectivity index (χ4n) is 3.77. The number of aliphatic imine (C=N–C) groups is 1. The molecule has 5 nitrogen and oxygen atoms in total. The van der Waals surface area contributed by atoms with Gasteiger partial charge in [0.05, 0.1) is 6.61 Å². The van der Waals surface area contributed by atoms with E-state index in [-0.39, 0.29) is 24.2 Å². The Labute approximate surface area is 175 Å². The number of alkyl halides is 3.